The molecular weight excluding hydrogens is 755 g/mol. The highest BCUT2D eigenvalue weighted by atomic mass is 32.2. The smallest absolute Gasteiger partial charge is 0.416 e. The molecule has 20 heteroatoms. The minimum absolute atomic E-state index is 0.0264. The third-order valence-corrected chi connectivity index (χ3v) is 7.91. The molecule has 0 bridgehead atoms. The maximum Gasteiger partial charge on any atom is 0.416 e. The molecule has 16 nitrogen and oxygen atoms in total. The number of alkyl halides is 3. The van der Waals surface area contributed by atoms with Crippen molar-refractivity contribution in [2.45, 2.75) is 115 Å². The molecule has 1 unspecified atom stereocenters. The Kier molecular flexibility index (Phi) is 15.6. The number of unbranched alkanes of at least 4 members (excludes halogenated alkanes) is 1. The predicted octanol–water partition coefficient (Wildman–Crippen LogP) is 6.41. The maximum atomic E-state index is 13.3. The predicted molar refractivity (Wildman–Crippen MR) is 194 cm³/mol. The molecule has 0 aliphatic carbocycles. The molecule has 0 aliphatic heterocycles. The van der Waals surface area contributed by atoms with Gasteiger partial charge in [0, 0.05) is 12.6 Å². The van der Waals surface area contributed by atoms with E-state index in [0.29, 0.717) is 25.0 Å². The molecule has 2 aromatic rings. The van der Waals surface area contributed by atoms with Gasteiger partial charge in [0.05, 0.1) is 22.0 Å². The highest BCUT2D eigenvalue weighted by molar-refractivity contribution is 7.89. The molecule has 0 saturated heterocycles. The van der Waals surface area contributed by atoms with Crippen LogP contribution in [0.2, 0.25) is 0 Å². The maximum absolute atomic E-state index is 13.3. The van der Waals surface area contributed by atoms with Crippen molar-refractivity contribution in [2.75, 3.05) is 13.2 Å². The Morgan fingerprint density at radius 1 is 0.836 bits per heavy atom. The number of hydrogen-bond donors (Lipinski definition) is 3. The second-order valence-corrected chi connectivity index (χ2v) is 16.7. The number of benzene rings is 2. The Morgan fingerprint density at radius 2 is 1.40 bits per heavy atom. The molecular formula is C35H48F3N5O11S. The second-order valence-electron chi connectivity index (χ2n) is 15.0. The summed E-state index contributed by atoms with van der Waals surface area (Å²) >= 11 is 0. The number of esters is 1. The van der Waals surface area contributed by atoms with Crippen LogP contribution in [0.1, 0.15) is 86.3 Å². The second kappa shape index (κ2) is 18.6. The van der Waals surface area contributed by atoms with E-state index in [1.807, 2.05) is 0 Å². The monoisotopic (exact) mass is 803 g/mol. The normalized spacial score (nSPS) is 12.9. The molecule has 0 spiro atoms. The number of nitro groups is 1. The molecule has 55 heavy (non-hydrogen) atoms. The van der Waals surface area contributed by atoms with Crippen LogP contribution in [0, 0.1) is 10.1 Å². The summed E-state index contributed by atoms with van der Waals surface area (Å²) < 4.78 is 89.6. The molecule has 2 aromatic carbocycles. The number of ether oxygens (including phenoxy) is 4. The van der Waals surface area contributed by atoms with Gasteiger partial charge in [-0.05, 0) is 111 Å². The zero-order valence-electron chi connectivity index (χ0n) is 32.1. The van der Waals surface area contributed by atoms with Crippen molar-refractivity contribution in [1.82, 2.24) is 15.4 Å². The van der Waals surface area contributed by atoms with Crippen LogP contribution >= 0.6 is 0 Å². The first-order valence-electron chi connectivity index (χ1n) is 16.9. The number of amides is 2. The van der Waals surface area contributed by atoms with Gasteiger partial charge in [-0.15, -0.1) is 0 Å². The van der Waals surface area contributed by atoms with Crippen LogP contribution in [0.15, 0.2) is 52.4 Å². The van der Waals surface area contributed by atoms with E-state index in [9.17, 15) is 46.1 Å². The highest BCUT2D eigenvalue weighted by Gasteiger charge is 2.34. The van der Waals surface area contributed by atoms with E-state index in [4.69, 9.17) is 18.9 Å². The highest BCUT2D eigenvalue weighted by Crippen LogP contribution is 2.31. The lowest BCUT2D eigenvalue weighted by atomic mass is 10.0. The molecule has 0 radical (unpaired) electrons. The van der Waals surface area contributed by atoms with Gasteiger partial charge >= 0.3 is 30.0 Å². The number of sulfonamides is 1. The Balaban J connectivity index is 2.20. The number of carbonyl (C=O) groups excluding carboxylic acids is 3. The lowest BCUT2D eigenvalue weighted by molar-refractivity contribution is -0.385. The van der Waals surface area contributed by atoms with Crippen LogP contribution in [0.5, 0.6) is 5.75 Å². The van der Waals surface area contributed by atoms with E-state index in [-0.39, 0.29) is 30.4 Å². The average Bonchev–Trinajstić information content (AvgIpc) is 2.99. The van der Waals surface area contributed by atoms with Crippen molar-refractivity contribution < 1.29 is 59.8 Å². The van der Waals surface area contributed by atoms with Gasteiger partial charge in [-0.25, -0.2) is 18.0 Å². The Hall–Kier alpha value is -4.98. The molecule has 2 amide bonds. The first-order chi connectivity index (χ1) is 25.0. The minimum Gasteiger partial charge on any atom is -0.487 e. The molecule has 306 valence electrons. The van der Waals surface area contributed by atoms with Gasteiger partial charge in [-0.3, -0.25) is 30.5 Å². The zero-order valence-corrected chi connectivity index (χ0v) is 32.9. The van der Waals surface area contributed by atoms with Gasteiger partial charge in [0.1, 0.15) is 22.8 Å². The number of nitro benzene ring substituents is 1. The first kappa shape index (κ1) is 46.2. The largest absolute Gasteiger partial charge is 0.487 e. The summed E-state index contributed by atoms with van der Waals surface area (Å²) in [5.41, 5.74) is -4.36. The Bertz CT molecular complexity index is 1800. The summed E-state index contributed by atoms with van der Waals surface area (Å²) in [6.45, 7) is 14.5. The quantitative estimate of drug-likeness (QED) is 0.0383. The fourth-order valence-electron chi connectivity index (χ4n) is 4.33. The topological polar surface area (TPSA) is 214 Å². The van der Waals surface area contributed by atoms with Crippen molar-refractivity contribution in [2.24, 2.45) is 4.99 Å². The molecule has 0 aromatic heterocycles. The van der Waals surface area contributed by atoms with E-state index in [0.717, 1.165) is 18.2 Å². The van der Waals surface area contributed by atoms with Crippen LogP contribution < -0.4 is 20.1 Å². The number of nitrogens with one attached hydrogen (secondary N) is 3. The van der Waals surface area contributed by atoms with Crippen LogP contribution in [-0.2, 0) is 41.6 Å². The fourth-order valence-corrected chi connectivity index (χ4v) is 5.56. The van der Waals surface area contributed by atoms with Crippen LogP contribution in [0.4, 0.5) is 28.4 Å². The first-order valence-corrected chi connectivity index (χ1v) is 18.4. The van der Waals surface area contributed by atoms with E-state index in [1.165, 1.54) is 32.9 Å². The van der Waals surface area contributed by atoms with Gasteiger partial charge in [-0.2, -0.15) is 17.9 Å². The molecule has 0 heterocycles. The van der Waals surface area contributed by atoms with E-state index in [1.54, 1.807) is 41.5 Å². The van der Waals surface area contributed by atoms with Crippen LogP contribution in [0.3, 0.4) is 0 Å². The lowest BCUT2D eigenvalue weighted by Gasteiger charge is -2.25. The fraction of sp³-hybridized carbons (Fsp3) is 0.543. The van der Waals surface area contributed by atoms with Crippen LogP contribution in [0.25, 0.3) is 0 Å². The molecule has 0 fully saturated rings. The number of alkyl carbamates (subject to hydrolysis) is 2. The summed E-state index contributed by atoms with van der Waals surface area (Å²) in [6.07, 6.45) is -6.39. The van der Waals surface area contributed by atoms with Gasteiger partial charge in [0.2, 0.25) is 16.0 Å². The molecule has 0 aliphatic rings. The van der Waals surface area contributed by atoms with Gasteiger partial charge in [0.25, 0.3) is 0 Å². The lowest BCUT2D eigenvalue weighted by Crippen LogP contribution is -2.47. The zero-order chi connectivity index (χ0) is 42.0. The summed E-state index contributed by atoms with van der Waals surface area (Å²) in [5, 5.41) is 16.7. The van der Waals surface area contributed by atoms with Crippen molar-refractivity contribution in [1.29, 1.82) is 0 Å². The number of aliphatic imine (C=N–C) groups is 1. The summed E-state index contributed by atoms with van der Waals surface area (Å²) in [5.74, 6) is -1.44. The van der Waals surface area contributed by atoms with Crippen molar-refractivity contribution in [3.05, 3.63) is 63.7 Å². The van der Waals surface area contributed by atoms with Crippen molar-refractivity contribution in [3.63, 3.8) is 0 Å². The van der Waals surface area contributed by atoms with E-state index >= 15 is 0 Å². The van der Waals surface area contributed by atoms with Crippen molar-refractivity contribution in [3.8, 4) is 5.75 Å². The summed E-state index contributed by atoms with van der Waals surface area (Å²) in [7, 11) is -4.72. The number of carbonyl (C=O) groups is 3. The number of nitrogens with zero attached hydrogens (tertiary/aromatic N) is 2. The molecule has 1 atom stereocenters. The third kappa shape index (κ3) is 17.4. The number of rotatable bonds is 13. The average molecular weight is 804 g/mol. The number of halogens is 3. The molecule has 2 rings (SSSR count). The summed E-state index contributed by atoms with van der Waals surface area (Å²) in [4.78, 5) is 52.3. The van der Waals surface area contributed by atoms with E-state index in [2.05, 4.69) is 20.3 Å². The Morgan fingerprint density at radius 3 is 1.91 bits per heavy atom. The van der Waals surface area contributed by atoms with E-state index < -0.39 is 84.7 Å². The van der Waals surface area contributed by atoms with Gasteiger partial charge in [0.15, 0.2) is 5.75 Å². The molecule has 0 saturated carbocycles. The van der Waals surface area contributed by atoms with Crippen LogP contribution in [-0.4, -0.2) is 73.5 Å². The van der Waals surface area contributed by atoms with Gasteiger partial charge in [-0.1, -0.05) is 12.1 Å². The number of guanidine groups is 1. The minimum atomic E-state index is -4.84. The Labute approximate surface area is 317 Å². The van der Waals surface area contributed by atoms with Crippen molar-refractivity contribution >= 4 is 39.8 Å². The van der Waals surface area contributed by atoms with Gasteiger partial charge < -0.3 is 18.9 Å². The standard InChI is InChI=1S/C35H48F3N5O11S/c1-32(2,3)52-28(44)25(42-55(49,50)24-14-12-13-23(21-24)35(36,37)38)19-22-15-16-27(26(20-22)43(47)48)51-18-11-10-17-39-29(40-30(45)53-33(4,5)6)41-31(46)54-34(7,8)9/h12-16,20-21,25,42H,10-11,17-19H2,1-9H3,(H2,39,40,41,45,46). The summed E-state index contributed by atoms with van der Waals surface area (Å²) in [6, 6.07) is 4.94. The molecule has 3 N–H and O–H groups in total. The third-order valence-electron chi connectivity index (χ3n) is 6.44. The number of hydrogen-bond acceptors (Lipinski definition) is 12. The SMILES string of the molecule is CC(C)(C)OC(=O)NC(=NCCCCOc1ccc(CC(NS(=O)(=O)c2cccc(C(F)(F)F)c2)C(=O)OC(C)(C)C)cc1[N+](=O)[O-])NC(=O)OC(C)(C)C.